The van der Waals surface area contributed by atoms with E-state index in [2.05, 4.69) is 20.6 Å². The van der Waals surface area contributed by atoms with Crippen LogP contribution in [0.3, 0.4) is 0 Å². The average Bonchev–Trinajstić information content (AvgIpc) is 3.17. The number of benzene rings is 1. The molecule has 2 N–H and O–H groups in total. The Morgan fingerprint density at radius 1 is 1.07 bits per heavy atom. The van der Waals surface area contributed by atoms with E-state index in [9.17, 15) is 9.59 Å². The maximum Gasteiger partial charge on any atom is 0.251 e. The molecule has 0 fully saturated rings. The Hall–Kier alpha value is -3.48. The molecule has 0 saturated carbocycles. The molecule has 1 aromatic carbocycles. The molecule has 0 atom stereocenters. The van der Waals surface area contributed by atoms with E-state index in [-0.39, 0.29) is 18.4 Å². The van der Waals surface area contributed by atoms with Gasteiger partial charge in [-0.2, -0.15) is 0 Å². The second kappa shape index (κ2) is 7.82. The molecule has 3 rings (SSSR count). The Balaban J connectivity index is 1.63. The molecule has 7 nitrogen and oxygen atoms in total. The van der Waals surface area contributed by atoms with E-state index in [0.717, 1.165) is 22.4 Å². The molecule has 138 valence electrons. The highest BCUT2D eigenvalue weighted by Crippen LogP contribution is 2.21. The van der Waals surface area contributed by atoms with Gasteiger partial charge in [-0.05, 0) is 44.0 Å². The van der Waals surface area contributed by atoms with Crippen LogP contribution in [0.15, 0.2) is 49.2 Å². The van der Waals surface area contributed by atoms with E-state index in [1.807, 2.05) is 32.9 Å². The summed E-state index contributed by atoms with van der Waals surface area (Å²) in [5, 5.41) is 5.51. The SMILES string of the molecule is Cc1cc(C)c(NC(=O)CNC(=O)c2ccnc(-n3ccnc3)c2)c(C)c1. The second-order valence-corrected chi connectivity index (χ2v) is 6.38. The maximum absolute atomic E-state index is 12.4. The standard InChI is InChI=1S/C20H21N5O2/c1-13-8-14(2)19(15(3)9-13)24-18(26)11-23-20(27)16-4-5-22-17(10-16)25-7-6-21-12-25/h4-10,12H,11H2,1-3H3,(H,23,27)(H,24,26). The summed E-state index contributed by atoms with van der Waals surface area (Å²) in [4.78, 5) is 32.8. The van der Waals surface area contributed by atoms with Gasteiger partial charge in [-0.3, -0.25) is 14.2 Å². The van der Waals surface area contributed by atoms with Crippen molar-refractivity contribution < 1.29 is 9.59 Å². The third-order valence-corrected chi connectivity index (χ3v) is 4.13. The Kier molecular flexibility index (Phi) is 5.30. The van der Waals surface area contributed by atoms with Gasteiger partial charge >= 0.3 is 0 Å². The minimum Gasteiger partial charge on any atom is -0.343 e. The normalized spacial score (nSPS) is 10.5. The van der Waals surface area contributed by atoms with Crippen molar-refractivity contribution in [3.05, 3.63) is 71.4 Å². The highest BCUT2D eigenvalue weighted by Gasteiger charge is 2.12. The van der Waals surface area contributed by atoms with Crippen LogP contribution < -0.4 is 10.6 Å². The van der Waals surface area contributed by atoms with Gasteiger partial charge in [0.05, 0.1) is 6.54 Å². The predicted molar refractivity (Wildman–Crippen MR) is 103 cm³/mol. The molecular weight excluding hydrogens is 342 g/mol. The fraction of sp³-hybridized carbons (Fsp3) is 0.200. The number of nitrogens with zero attached hydrogens (tertiary/aromatic N) is 3. The van der Waals surface area contributed by atoms with Crippen molar-refractivity contribution in [3.63, 3.8) is 0 Å². The summed E-state index contributed by atoms with van der Waals surface area (Å²) < 4.78 is 1.70. The molecule has 0 bridgehead atoms. The van der Waals surface area contributed by atoms with Crippen molar-refractivity contribution in [2.45, 2.75) is 20.8 Å². The summed E-state index contributed by atoms with van der Waals surface area (Å²) in [7, 11) is 0. The lowest BCUT2D eigenvalue weighted by atomic mass is 10.1. The van der Waals surface area contributed by atoms with Gasteiger partial charge in [-0.25, -0.2) is 9.97 Å². The Morgan fingerprint density at radius 2 is 1.81 bits per heavy atom. The third-order valence-electron chi connectivity index (χ3n) is 4.13. The highest BCUT2D eigenvalue weighted by atomic mass is 16.2. The Labute approximate surface area is 157 Å². The lowest BCUT2D eigenvalue weighted by Crippen LogP contribution is -2.33. The molecule has 0 aliphatic heterocycles. The number of pyridine rings is 1. The summed E-state index contributed by atoms with van der Waals surface area (Å²) >= 11 is 0. The van der Waals surface area contributed by atoms with Gasteiger partial charge in [0, 0.05) is 29.8 Å². The first-order valence-corrected chi connectivity index (χ1v) is 8.54. The number of rotatable bonds is 5. The molecule has 0 spiro atoms. The van der Waals surface area contributed by atoms with Crippen molar-refractivity contribution in [2.24, 2.45) is 0 Å². The van der Waals surface area contributed by atoms with Crippen LogP contribution in [0.25, 0.3) is 5.82 Å². The first kappa shape index (κ1) is 18.3. The first-order valence-electron chi connectivity index (χ1n) is 8.54. The van der Waals surface area contributed by atoms with Crippen LogP contribution in [-0.4, -0.2) is 32.9 Å². The number of aromatic nitrogens is 3. The number of nitrogens with one attached hydrogen (secondary N) is 2. The zero-order valence-electron chi connectivity index (χ0n) is 15.5. The van der Waals surface area contributed by atoms with Crippen LogP contribution in [0.5, 0.6) is 0 Å². The molecule has 2 aromatic heterocycles. The van der Waals surface area contributed by atoms with Crippen molar-refractivity contribution in [1.29, 1.82) is 0 Å². The van der Waals surface area contributed by atoms with Crippen molar-refractivity contribution in [3.8, 4) is 5.82 Å². The minimum absolute atomic E-state index is 0.117. The van der Waals surface area contributed by atoms with Gasteiger partial charge in [-0.1, -0.05) is 17.7 Å². The smallest absolute Gasteiger partial charge is 0.251 e. The zero-order valence-corrected chi connectivity index (χ0v) is 15.5. The van der Waals surface area contributed by atoms with Crippen LogP contribution in [0.2, 0.25) is 0 Å². The number of amides is 2. The summed E-state index contributed by atoms with van der Waals surface area (Å²) in [6.45, 7) is 5.79. The second-order valence-electron chi connectivity index (χ2n) is 6.38. The van der Waals surface area contributed by atoms with E-state index < -0.39 is 0 Å². The Bertz CT molecular complexity index is 957. The van der Waals surface area contributed by atoms with Gasteiger partial charge in [0.1, 0.15) is 12.1 Å². The van der Waals surface area contributed by atoms with Gasteiger partial charge in [-0.15, -0.1) is 0 Å². The molecule has 3 aromatic rings. The number of anilines is 1. The molecule has 0 aliphatic carbocycles. The molecule has 0 aliphatic rings. The van der Waals surface area contributed by atoms with E-state index in [4.69, 9.17) is 0 Å². The van der Waals surface area contributed by atoms with Gasteiger partial charge in [0.2, 0.25) is 5.91 Å². The Morgan fingerprint density at radius 3 is 2.48 bits per heavy atom. The maximum atomic E-state index is 12.4. The van der Waals surface area contributed by atoms with Crippen LogP contribution >= 0.6 is 0 Å². The number of aryl methyl sites for hydroxylation is 3. The summed E-state index contributed by atoms with van der Waals surface area (Å²) in [6, 6.07) is 7.26. The van der Waals surface area contributed by atoms with Crippen LogP contribution in [-0.2, 0) is 4.79 Å². The van der Waals surface area contributed by atoms with Crippen LogP contribution in [0.1, 0.15) is 27.0 Å². The highest BCUT2D eigenvalue weighted by molar-refractivity contribution is 6.00. The van der Waals surface area contributed by atoms with Crippen LogP contribution in [0.4, 0.5) is 5.69 Å². The molecule has 7 heteroatoms. The number of carbonyl (C=O) groups is 2. The summed E-state index contributed by atoms with van der Waals surface area (Å²) in [5.74, 6) is -0.0379. The number of carbonyl (C=O) groups excluding carboxylic acids is 2. The molecule has 0 radical (unpaired) electrons. The topological polar surface area (TPSA) is 88.9 Å². The molecule has 2 amide bonds. The summed E-state index contributed by atoms with van der Waals surface area (Å²) in [6.07, 6.45) is 6.52. The van der Waals surface area contributed by atoms with E-state index in [0.29, 0.717) is 11.4 Å². The van der Waals surface area contributed by atoms with Crippen molar-refractivity contribution in [2.75, 3.05) is 11.9 Å². The third kappa shape index (κ3) is 4.38. The van der Waals surface area contributed by atoms with Crippen molar-refractivity contribution >= 4 is 17.5 Å². The largest absolute Gasteiger partial charge is 0.343 e. The number of hydrogen-bond acceptors (Lipinski definition) is 4. The summed E-state index contributed by atoms with van der Waals surface area (Å²) in [5.41, 5.74) is 4.33. The first-order chi connectivity index (χ1) is 12.9. The fourth-order valence-electron chi connectivity index (χ4n) is 2.92. The molecule has 0 unspecified atom stereocenters. The van der Waals surface area contributed by atoms with Crippen LogP contribution in [0, 0.1) is 20.8 Å². The lowest BCUT2D eigenvalue weighted by Gasteiger charge is -2.13. The predicted octanol–water partition coefficient (Wildman–Crippen LogP) is 2.56. The van der Waals surface area contributed by atoms with E-state index in [1.54, 1.807) is 41.6 Å². The zero-order chi connectivity index (χ0) is 19.4. The average molecular weight is 363 g/mol. The monoisotopic (exact) mass is 363 g/mol. The van der Waals surface area contributed by atoms with Gasteiger partial charge < -0.3 is 10.6 Å². The molecule has 27 heavy (non-hydrogen) atoms. The minimum atomic E-state index is -0.341. The quantitative estimate of drug-likeness (QED) is 0.729. The van der Waals surface area contributed by atoms with E-state index in [1.165, 1.54) is 0 Å². The lowest BCUT2D eigenvalue weighted by molar-refractivity contribution is -0.115. The molecular formula is C20H21N5O2. The molecule has 0 saturated heterocycles. The van der Waals surface area contributed by atoms with Gasteiger partial charge in [0.25, 0.3) is 5.91 Å². The fourth-order valence-corrected chi connectivity index (χ4v) is 2.92. The van der Waals surface area contributed by atoms with Crippen molar-refractivity contribution in [1.82, 2.24) is 19.9 Å². The number of imidazole rings is 1. The van der Waals surface area contributed by atoms with Gasteiger partial charge in [0.15, 0.2) is 0 Å². The number of hydrogen-bond donors (Lipinski definition) is 2. The molecule has 2 heterocycles. The van der Waals surface area contributed by atoms with E-state index >= 15 is 0 Å².